The lowest BCUT2D eigenvalue weighted by Crippen LogP contribution is -2.16. The third-order valence-electron chi connectivity index (χ3n) is 1.58. The van der Waals surface area contributed by atoms with Crippen LogP contribution in [0, 0.1) is 16.9 Å². The highest BCUT2D eigenvalue weighted by atomic mass is 28.3. The van der Waals surface area contributed by atoms with Gasteiger partial charge in [-0.25, -0.2) is 0 Å². The van der Waals surface area contributed by atoms with Crippen LogP contribution < -0.4 is 0 Å². The number of diazo groups is 1. The summed E-state index contributed by atoms with van der Waals surface area (Å²) in [7, 11) is -1.36. The molecule has 0 saturated carbocycles. The highest BCUT2D eigenvalue weighted by Crippen LogP contribution is 2.17. The highest BCUT2D eigenvalue weighted by molar-refractivity contribution is 6.83. The minimum atomic E-state index is -1.36. The Bertz CT molecular complexity index is 427. The summed E-state index contributed by atoms with van der Waals surface area (Å²) in [5.74, 6) is 3.06. The smallest absolute Gasteiger partial charge is 0.126 e. The first-order valence-corrected chi connectivity index (χ1v) is 8.00. The number of benzene rings is 1. The summed E-state index contributed by atoms with van der Waals surface area (Å²) in [6.45, 7) is 6.54. The van der Waals surface area contributed by atoms with E-state index < -0.39 is 8.07 Å². The first-order valence-electron chi connectivity index (χ1n) is 4.50. The van der Waals surface area contributed by atoms with Crippen LogP contribution in [-0.4, -0.2) is 8.07 Å². The molecule has 2 nitrogen and oxygen atoms in total. The van der Waals surface area contributed by atoms with E-state index in [1.165, 1.54) is 0 Å². The van der Waals surface area contributed by atoms with Gasteiger partial charge in [0.15, 0.2) is 4.98 Å². The fourth-order valence-electron chi connectivity index (χ4n) is 0.921. The van der Waals surface area contributed by atoms with Gasteiger partial charge in [0.25, 0.3) is 0 Å². The third-order valence-corrected chi connectivity index (χ3v) is 2.46. The van der Waals surface area contributed by atoms with E-state index in [4.69, 9.17) is 5.39 Å². The molecule has 0 spiro atoms. The summed E-state index contributed by atoms with van der Waals surface area (Å²) in [4.78, 5) is 3.18. The van der Waals surface area contributed by atoms with Crippen LogP contribution in [0.3, 0.4) is 0 Å². The SMILES string of the molecule is C[Si](C)(C)C#Cc1ccccc1[N+]#N. The van der Waals surface area contributed by atoms with Crippen molar-refractivity contribution in [1.29, 1.82) is 5.39 Å². The predicted octanol–water partition coefficient (Wildman–Crippen LogP) is 3.40. The van der Waals surface area contributed by atoms with Crippen molar-refractivity contribution in [2.24, 2.45) is 0 Å². The Morgan fingerprint density at radius 1 is 1.21 bits per heavy atom. The van der Waals surface area contributed by atoms with Gasteiger partial charge in [0.1, 0.15) is 13.6 Å². The van der Waals surface area contributed by atoms with E-state index in [0.29, 0.717) is 5.69 Å². The van der Waals surface area contributed by atoms with Gasteiger partial charge in [-0.1, -0.05) is 37.7 Å². The van der Waals surface area contributed by atoms with E-state index in [1.807, 2.05) is 18.2 Å². The first kappa shape index (κ1) is 10.5. The summed E-state index contributed by atoms with van der Waals surface area (Å²) >= 11 is 0. The zero-order valence-corrected chi connectivity index (χ0v) is 9.70. The number of rotatable bonds is 0. The second-order valence-electron chi connectivity index (χ2n) is 4.12. The van der Waals surface area contributed by atoms with Gasteiger partial charge in [-0.3, -0.25) is 0 Å². The van der Waals surface area contributed by atoms with Crippen LogP contribution >= 0.6 is 0 Å². The molecule has 0 aliphatic rings. The van der Waals surface area contributed by atoms with Gasteiger partial charge in [-0.05, 0) is 6.07 Å². The van der Waals surface area contributed by atoms with Crippen molar-refractivity contribution in [2.75, 3.05) is 0 Å². The van der Waals surface area contributed by atoms with Crippen LogP contribution in [0.5, 0.6) is 0 Å². The van der Waals surface area contributed by atoms with Crippen molar-refractivity contribution in [1.82, 2.24) is 0 Å². The molecule has 14 heavy (non-hydrogen) atoms. The minimum Gasteiger partial charge on any atom is -0.126 e. The van der Waals surface area contributed by atoms with Gasteiger partial charge in [-0.2, -0.15) is 0 Å². The van der Waals surface area contributed by atoms with Crippen LogP contribution in [-0.2, 0) is 0 Å². The molecule has 1 aromatic carbocycles. The lowest BCUT2D eigenvalue weighted by atomic mass is 10.2. The monoisotopic (exact) mass is 201 g/mol. The summed E-state index contributed by atoms with van der Waals surface area (Å²) in [6.07, 6.45) is 0. The lowest BCUT2D eigenvalue weighted by molar-refractivity contribution is 1.45. The van der Waals surface area contributed by atoms with E-state index in [2.05, 4.69) is 36.1 Å². The first-order chi connectivity index (χ1) is 6.53. The van der Waals surface area contributed by atoms with E-state index in [0.717, 1.165) is 5.56 Å². The number of hydrogen-bond acceptors (Lipinski definition) is 1. The molecule has 0 aliphatic carbocycles. The summed E-state index contributed by atoms with van der Waals surface area (Å²) in [5, 5.41) is 8.72. The predicted molar refractivity (Wildman–Crippen MR) is 61.4 cm³/mol. The molecule has 1 rings (SSSR count). The molecule has 0 fully saturated rings. The molecule has 0 N–H and O–H groups in total. The van der Waals surface area contributed by atoms with Gasteiger partial charge >= 0.3 is 5.69 Å². The van der Waals surface area contributed by atoms with Gasteiger partial charge in [0.2, 0.25) is 5.39 Å². The normalized spacial score (nSPS) is 9.86. The van der Waals surface area contributed by atoms with Gasteiger partial charge in [-0.15, -0.1) is 5.54 Å². The molecule has 0 radical (unpaired) electrons. The second kappa shape index (κ2) is 4.08. The van der Waals surface area contributed by atoms with Gasteiger partial charge in [0, 0.05) is 6.07 Å². The quantitative estimate of drug-likeness (QED) is 0.359. The molecule has 0 saturated heterocycles. The van der Waals surface area contributed by atoms with Crippen LogP contribution in [0.25, 0.3) is 4.98 Å². The maximum absolute atomic E-state index is 8.72. The molecule has 3 heteroatoms. The highest BCUT2D eigenvalue weighted by Gasteiger charge is 2.11. The summed E-state index contributed by atoms with van der Waals surface area (Å²) in [5.41, 5.74) is 4.56. The third kappa shape index (κ3) is 3.05. The molecule has 0 unspecified atom stereocenters. The summed E-state index contributed by atoms with van der Waals surface area (Å²) in [6, 6.07) is 7.33. The topological polar surface area (TPSA) is 28.1 Å². The second-order valence-corrected chi connectivity index (χ2v) is 8.87. The Kier molecular flexibility index (Phi) is 3.06. The maximum Gasteiger partial charge on any atom is 0.400 e. The fraction of sp³-hybridized carbons (Fsp3) is 0.273. The molecular formula is C11H13N2Si+. The van der Waals surface area contributed by atoms with Crippen molar-refractivity contribution in [3.63, 3.8) is 0 Å². The molecule has 0 atom stereocenters. The van der Waals surface area contributed by atoms with E-state index >= 15 is 0 Å². The van der Waals surface area contributed by atoms with E-state index in [9.17, 15) is 0 Å². The molecule has 0 aromatic heterocycles. The lowest BCUT2D eigenvalue weighted by Gasteiger charge is -2.02. The van der Waals surface area contributed by atoms with Crippen LogP contribution in [0.2, 0.25) is 19.6 Å². The van der Waals surface area contributed by atoms with E-state index in [1.54, 1.807) is 6.07 Å². The average molecular weight is 201 g/mol. The average Bonchev–Trinajstić information content (AvgIpc) is 2.14. The zero-order valence-electron chi connectivity index (χ0n) is 8.70. The Hall–Kier alpha value is -1.58. The van der Waals surface area contributed by atoms with Crippen molar-refractivity contribution < 1.29 is 0 Å². The van der Waals surface area contributed by atoms with Gasteiger partial charge < -0.3 is 0 Å². The molecular weight excluding hydrogens is 188 g/mol. The van der Waals surface area contributed by atoms with Crippen LogP contribution in [0.4, 0.5) is 5.69 Å². The Morgan fingerprint density at radius 3 is 2.43 bits per heavy atom. The van der Waals surface area contributed by atoms with Crippen molar-refractivity contribution in [3.05, 3.63) is 34.8 Å². The van der Waals surface area contributed by atoms with E-state index in [-0.39, 0.29) is 0 Å². The largest absolute Gasteiger partial charge is 0.400 e. The van der Waals surface area contributed by atoms with Crippen molar-refractivity contribution in [2.45, 2.75) is 19.6 Å². The maximum atomic E-state index is 8.72. The minimum absolute atomic E-state index is 0.540. The molecule has 0 bridgehead atoms. The molecule has 0 aliphatic heterocycles. The van der Waals surface area contributed by atoms with Crippen molar-refractivity contribution >= 4 is 13.8 Å². The standard InChI is InChI=1S/C11H13N2Si/c1-14(2,3)9-8-10-6-4-5-7-11(10)13-12/h4-7H,1-3H3/q+1. The van der Waals surface area contributed by atoms with Crippen LogP contribution in [0.15, 0.2) is 24.3 Å². The molecule has 70 valence electrons. The number of hydrogen-bond donors (Lipinski definition) is 0. The molecule has 1 aromatic rings. The van der Waals surface area contributed by atoms with Crippen molar-refractivity contribution in [3.8, 4) is 11.5 Å². The molecule has 0 heterocycles. The fourth-order valence-corrected chi connectivity index (χ4v) is 1.43. The zero-order chi connectivity index (χ0) is 10.6. The van der Waals surface area contributed by atoms with Crippen LogP contribution in [0.1, 0.15) is 5.56 Å². The Labute approximate surface area is 85.6 Å². The Morgan fingerprint density at radius 2 is 1.86 bits per heavy atom. The molecule has 0 amide bonds. The van der Waals surface area contributed by atoms with Gasteiger partial charge in [0.05, 0.1) is 0 Å². The number of nitrogens with zero attached hydrogens (tertiary/aromatic N) is 2. The Balaban J connectivity index is 3.08. The summed E-state index contributed by atoms with van der Waals surface area (Å²) < 4.78 is 0.